The number of carboxylic acids is 1. The van der Waals surface area contributed by atoms with Gasteiger partial charge >= 0.3 is 5.97 Å². The van der Waals surface area contributed by atoms with Crippen LogP contribution in [0.15, 0.2) is 10.6 Å². The van der Waals surface area contributed by atoms with E-state index in [1.54, 1.807) is 0 Å². The summed E-state index contributed by atoms with van der Waals surface area (Å²) in [4.78, 5) is 11.0. The van der Waals surface area contributed by atoms with Crippen molar-refractivity contribution < 1.29 is 9.90 Å². The lowest BCUT2D eigenvalue weighted by molar-refractivity contribution is -0.145. The monoisotopic (exact) mass is 239 g/mol. The highest BCUT2D eigenvalue weighted by molar-refractivity contribution is 6.36. The van der Waals surface area contributed by atoms with Crippen molar-refractivity contribution in [1.82, 2.24) is 5.32 Å². The van der Waals surface area contributed by atoms with Crippen LogP contribution in [0.4, 0.5) is 0 Å². The summed E-state index contributed by atoms with van der Waals surface area (Å²) in [5.41, 5.74) is 0.326. The molecule has 0 aliphatic heterocycles. The maximum absolute atomic E-state index is 11.0. The van der Waals surface area contributed by atoms with E-state index in [0.29, 0.717) is 17.9 Å². The Hall–Kier alpha value is -0.250. The Morgan fingerprint density at radius 3 is 2.29 bits per heavy atom. The predicted molar refractivity (Wildman–Crippen MR) is 58.7 cm³/mol. The number of carboxylic acid groups (broad SMARTS) is 1. The quantitative estimate of drug-likeness (QED) is 0.750. The van der Waals surface area contributed by atoms with E-state index in [9.17, 15) is 4.79 Å². The van der Waals surface area contributed by atoms with Gasteiger partial charge in [0, 0.05) is 17.1 Å². The first-order valence-electron chi connectivity index (χ1n) is 4.45. The molecule has 0 heterocycles. The van der Waals surface area contributed by atoms with Crippen LogP contribution in [0.25, 0.3) is 0 Å². The third-order valence-electron chi connectivity index (χ3n) is 2.33. The number of aliphatic carboxylic acids is 1. The minimum absolute atomic E-state index is 0.277. The highest BCUT2D eigenvalue weighted by Crippen LogP contribution is 2.16. The van der Waals surface area contributed by atoms with Crippen molar-refractivity contribution in [3.8, 4) is 0 Å². The molecule has 82 valence electrons. The molecule has 0 saturated heterocycles. The minimum atomic E-state index is -0.903. The van der Waals surface area contributed by atoms with Crippen LogP contribution in [0, 0.1) is 0 Å². The van der Waals surface area contributed by atoms with E-state index in [1.165, 1.54) is 5.54 Å². The van der Waals surface area contributed by atoms with Crippen LogP contribution in [0.2, 0.25) is 0 Å². The SMILES string of the molecule is CCC(CC)(NCC(Cl)=CCl)C(=O)O. The van der Waals surface area contributed by atoms with Crippen LogP contribution in [0.5, 0.6) is 0 Å². The summed E-state index contributed by atoms with van der Waals surface area (Å²) < 4.78 is 0. The van der Waals surface area contributed by atoms with E-state index < -0.39 is 11.5 Å². The summed E-state index contributed by atoms with van der Waals surface area (Å²) in [5.74, 6) is -0.860. The van der Waals surface area contributed by atoms with Gasteiger partial charge in [0.2, 0.25) is 0 Å². The van der Waals surface area contributed by atoms with E-state index in [-0.39, 0.29) is 6.54 Å². The van der Waals surface area contributed by atoms with Crippen molar-refractivity contribution in [2.45, 2.75) is 32.2 Å². The summed E-state index contributed by atoms with van der Waals surface area (Å²) in [6.07, 6.45) is 1.01. The van der Waals surface area contributed by atoms with E-state index in [4.69, 9.17) is 28.3 Å². The van der Waals surface area contributed by atoms with Gasteiger partial charge in [0.15, 0.2) is 0 Å². The molecule has 0 spiro atoms. The normalized spacial score (nSPS) is 13.0. The molecule has 3 nitrogen and oxygen atoms in total. The van der Waals surface area contributed by atoms with Gasteiger partial charge in [-0.25, -0.2) is 0 Å². The fourth-order valence-electron chi connectivity index (χ4n) is 1.17. The molecule has 0 atom stereocenters. The van der Waals surface area contributed by atoms with Crippen LogP contribution < -0.4 is 5.32 Å². The van der Waals surface area contributed by atoms with Crippen molar-refractivity contribution in [3.05, 3.63) is 10.6 Å². The number of carbonyl (C=O) groups is 1. The Kier molecular flexibility index (Phi) is 6.16. The third kappa shape index (κ3) is 3.48. The minimum Gasteiger partial charge on any atom is -0.480 e. The van der Waals surface area contributed by atoms with Crippen LogP contribution in [0.3, 0.4) is 0 Å². The van der Waals surface area contributed by atoms with Gasteiger partial charge in [-0.3, -0.25) is 10.1 Å². The maximum Gasteiger partial charge on any atom is 0.323 e. The molecule has 0 aromatic heterocycles. The first-order valence-corrected chi connectivity index (χ1v) is 5.27. The number of halogens is 2. The van der Waals surface area contributed by atoms with Gasteiger partial charge in [-0.1, -0.05) is 37.0 Å². The van der Waals surface area contributed by atoms with E-state index in [2.05, 4.69) is 5.32 Å². The van der Waals surface area contributed by atoms with Crippen molar-refractivity contribution in [2.24, 2.45) is 0 Å². The third-order valence-corrected chi connectivity index (χ3v) is 2.95. The summed E-state index contributed by atoms with van der Waals surface area (Å²) in [6, 6.07) is 0. The molecule has 0 aliphatic carbocycles. The Bertz CT molecular complexity index is 225. The number of rotatable bonds is 6. The maximum atomic E-state index is 11.0. The lowest BCUT2D eigenvalue weighted by Gasteiger charge is -2.27. The van der Waals surface area contributed by atoms with E-state index >= 15 is 0 Å². The van der Waals surface area contributed by atoms with Gasteiger partial charge in [-0.05, 0) is 12.8 Å². The topological polar surface area (TPSA) is 49.3 Å². The largest absolute Gasteiger partial charge is 0.480 e. The molecule has 0 aliphatic rings. The first-order chi connectivity index (χ1) is 6.52. The van der Waals surface area contributed by atoms with Crippen LogP contribution in [-0.4, -0.2) is 23.2 Å². The van der Waals surface area contributed by atoms with Crippen LogP contribution >= 0.6 is 23.2 Å². The zero-order valence-corrected chi connectivity index (χ0v) is 9.82. The summed E-state index contributed by atoms with van der Waals surface area (Å²) >= 11 is 11.0. The standard InChI is InChI=1S/C9H15Cl2NO2/c1-3-9(4-2,8(13)14)12-6-7(11)5-10/h5,12H,3-4,6H2,1-2H3,(H,13,14). The highest BCUT2D eigenvalue weighted by Gasteiger charge is 2.33. The fourth-order valence-corrected chi connectivity index (χ4v) is 1.31. The van der Waals surface area contributed by atoms with Crippen molar-refractivity contribution >= 4 is 29.2 Å². The molecular weight excluding hydrogens is 225 g/mol. The molecule has 0 fully saturated rings. The number of hydrogen-bond acceptors (Lipinski definition) is 2. The molecule has 0 rings (SSSR count). The Balaban J connectivity index is 4.45. The Labute approximate surface area is 94.1 Å². The number of nitrogens with one attached hydrogen (secondary N) is 1. The van der Waals surface area contributed by atoms with Crippen molar-refractivity contribution in [3.63, 3.8) is 0 Å². The second-order valence-electron chi connectivity index (χ2n) is 3.00. The summed E-state index contributed by atoms with van der Waals surface area (Å²) in [7, 11) is 0. The summed E-state index contributed by atoms with van der Waals surface area (Å²) in [6.45, 7) is 3.92. The zero-order chi connectivity index (χ0) is 11.2. The zero-order valence-electron chi connectivity index (χ0n) is 8.31. The Morgan fingerprint density at radius 1 is 1.50 bits per heavy atom. The van der Waals surface area contributed by atoms with Gasteiger partial charge in [-0.2, -0.15) is 0 Å². The fraction of sp³-hybridized carbons (Fsp3) is 0.667. The van der Waals surface area contributed by atoms with Gasteiger partial charge in [0.05, 0.1) is 0 Å². The van der Waals surface area contributed by atoms with Crippen LogP contribution in [0.1, 0.15) is 26.7 Å². The molecule has 14 heavy (non-hydrogen) atoms. The smallest absolute Gasteiger partial charge is 0.323 e. The van der Waals surface area contributed by atoms with Gasteiger partial charge in [0.25, 0.3) is 0 Å². The van der Waals surface area contributed by atoms with E-state index in [1.807, 2.05) is 13.8 Å². The molecule has 2 N–H and O–H groups in total. The predicted octanol–water partition coefficient (Wildman–Crippen LogP) is 2.54. The molecule has 0 bridgehead atoms. The van der Waals surface area contributed by atoms with Crippen LogP contribution in [-0.2, 0) is 4.79 Å². The van der Waals surface area contributed by atoms with E-state index in [0.717, 1.165) is 0 Å². The van der Waals surface area contributed by atoms with Gasteiger partial charge in [-0.15, -0.1) is 0 Å². The lowest BCUT2D eigenvalue weighted by Crippen LogP contribution is -2.51. The second kappa shape index (κ2) is 6.27. The second-order valence-corrected chi connectivity index (χ2v) is 3.71. The average Bonchev–Trinajstić information content (AvgIpc) is 2.19. The van der Waals surface area contributed by atoms with Crippen molar-refractivity contribution in [1.29, 1.82) is 0 Å². The van der Waals surface area contributed by atoms with Crippen molar-refractivity contribution in [2.75, 3.05) is 6.54 Å². The Morgan fingerprint density at radius 2 is 2.00 bits per heavy atom. The molecular formula is C9H15Cl2NO2. The molecule has 0 unspecified atom stereocenters. The summed E-state index contributed by atoms with van der Waals surface area (Å²) in [5, 5.41) is 12.4. The highest BCUT2D eigenvalue weighted by atomic mass is 35.5. The van der Waals surface area contributed by atoms with Gasteiger partial charge < -0.3 is 5.11 Å². The number of hydrogen-bond donors (Lipinski definition) is 2. The lowest BCUT2D eigenvalue weighted by atomic mass is 9.93. The molecule has 0 aromatic carbocycles. The molecule has 0 radical (unpaired) electrons. The molecule has 0 saturated carbocycles. The van der Waals surface area contributed by atoms with Gasteiger partial charge in [0.1, 0.15) is 5.54 Å². The average molecular weight is 240 g/mol. The molecule has 0 aromatic rings. The molecule has 0 amide bonds. The molecule has 5 heteroatoms. The first kappa shape index (κ1) is 13.8.